The van der Waals surface area contributed by atoms with E-state index >= 15 is 0 Å². The van der Waals surface area contributed by atoms with Crippen LogP contribution < -0.4 is 0 Å². The summed E-state index contributed by atoms with van der Waals surface area (Å²) in [6, 6.07) is 0. The van der Waals surface area contributed by atoms with Crippen LogP contribution >= 0.6 is 0 Å². The third-order valence-electron chi connectivity index (χ3n) is 1.10. The molecule has 58 valence electrons. The van der Waals surface area contributed by atoms with E-state index in [0.29, 0.717) is 0 Å². The van der Waals surface area contributed by atoms with E-state index in [-0.39, 0.29) is 5.84 Å². The number of rotatable bonds is 1. The van der Waals surface area contributed by atoms with Crippen LogP contribution in [0.2, 0.25) is 0 Å². The molecule has 0 aromatic rings. The van der Waals surface area contributed by atoms with Crippen molar-refractivity contribution in [1.82, 2.24) is 0 Å². The molecule has 0 heterocycles. The van der Waals surface area contributed by atoms with Gasteiger partial charge in [-0.05, 0) is 32.3 Å². The molecule has 0 rings (SSSR count). The molecule has 0 amide bonds. The second-order valence-corrected chi connectivity index (χ2v) is 2.01. The van der Waals surface area contributed by atoms with E-state index in [1.165, 1.54) is 0 Å². The smallest absolute Gasteiger partial charge is 0.197 e. The molecule has 0 bridgehead atoms. The summed E-state index contributed by atoms with van der Waals surface area (Å²) in [4.78, 5) is 3.80. The van der Waals surface area contributed by atoms with E-state index in [4.69, 9.17) is 5.41 Å². The first kappa shape index (κ1) is 9.64. The van der Waals surface area contributed by atoms with E-state index in [1.54, 1.807) is 13.1 Å². The molecule has 0 fully saturated rings. The third-order valence-corrected chi connectivity index (χ3v) is 1.10. The van der Waals surface area contributed by atoms with Gasteiger partial charge in [0.15, 0.2) is 5.84 Å². The zero-order chi connectivity index (χ0) is 8.69. The molecular weight excluding hydrogens is 136 g/mol. The third kappa shape index (κ3) is 5.10. The minimum absolute atomic E-state index is 0.105. The summed E-state index contributed by atoms with van der Waals surface area (Å²) in [5.41, 5.74) is 1.03. The second-order valence-electron chi connectivity index (χ2n) is 2.01. The van der Waals surface area contributed by atoms with Crippen molar-refractivity contribution in [2.45, 2.75) is 20.8 Å². The van der Waals surface area contributed by atoms with Crippen LogP contribution in [0.15, 0.2) is 16.6 Å². The van der Waals surface area contributed by atoms with Gasteiger partial charge in [0.25, 0.3) is 0 Å². The molecule has 0 aliphatic rings. The molecule has 0 spiro atoms. The van der Waals surface area contributed by atoms with Crippen LogP contribution in [0.25, 0.3) is 0 Å². The molecule has 0 aromatic carbocycles. The molecule has 2 heteroatoms. The van der Waals surface area contributed by atoms with Crippen LogP contribution in [0, 0.1) is 17.3 Å². The van der Waals surface area contributed by atoms with Crippen molar-refractivity contribution in [1.29, 1.82) is 5.41 Å². The van der Waals surface area contributed by atoms with Crippen LogP contribution in [0.3, 0.4) is 0 Å². The van der Waals surface area contributed by atoms with Gasteiger partial charge in [-0.3, -0.25) is 5.41 Å². The number of allylic oxidation sites excluding steroid dienone is 2. The molecule has 0 atom stereocenters. The molecule has 0 saturated carbocycles. The topological polar surface area (TPSA) is 36.2 Å². The lowest BCUT2D eigenvalue weighted by atomic mass is 10.3. The fourth-order valence-electron chi connectivity index (χ4n) is 0.392. The van der Waals surface area contributed by atoms with Crippen molar-refractivity contribution < 1.29 is 0 Å². The van der Waals surface area contributed by atoms with E-state index in [9.17, 15) is 0 Å². The highest BCUT2D eigenvalue weighted by atomic mass is 14.8. The van der Waals surface area contributed by atoms with Gasteiger partial charge in [0.05, 0.1) is 0 Å². The summed E-state index contributed by atoms with van der Waals surface area (Å²) in [5, 5.41) is 7.16. The fraction of sp³-hybridized carbons (Fsp3) is 0.333. The maximum Gasteiger partial charge on any atom is 0.197 e. The van der Waals surface area contributed by atoms with Gasteiger partial charge in [-0.15, -0.1) is 0 Å². The van der Waals surface area contributed by atoms with Crippen molar-refractivity contribution in [2.24, 2.45) is 4.99 Å². The van der Waals surface area contributed by atoms with Gasteiger partial charge in [-0.25, -0.2) is 4.99 Å². The molecule has 2 nitrogen and oxygen atoms in total. The Morgan fingerprint density at radius 2 is 2.18 bits per heavy atom. The highest BCUT2D eigenvalue weighted by molar-refractivity contribution is 6.02. The highest BCUT2D eigenvalue weighted by Gasteiger charge is 1.82. The maximum atomic E-state index is 7.16. The lowest BCUT2D eigenvalue weighted by Crippen LogP contribution is -1.87. The Kier molecular flexibility index (Phi) is 4.76. The maximum absolute atomic E-state index is 7.16. The fourth-order valence-corrected chi connectivity index (χ4v) is 0.392. The van der Waals surface area contributed by atoms with Gasteiger partial charge < -0.3 is 0 Å². The van der Waals surface area contributed by atoms with Crippen molar-refractivity contribution in [3.05, 3.63) is 11.6 Å². The predicted octanol–water partition coefficient (Wildman–Crippen LogP) is 2.02. The average molecular weight is 148 g/mol. The largest absolute Gasteiger partial charge is 0.275 e. The number of hydrogen-bond acceptors (Lipinski definition) is 1. The van der Waals surface area contributed by atoms with Gasteiger partial charge >= 0.3 is 0 Å². The predicted molar refractivity (Wildman–Crippen MR) is 49.1 cm³/mol. The van der Waals surface area contributed by atoms with E-state index < -0.39 is 0 Å². The lowest BCUT2D eigenvalue weighted by molar-refractivity contribution is 1.46. The summed E-state index contributed by atoms with van der Waals surface area (Å²) in [6.07, 6.45) is 3.56. The monoisotopic (exact) mass is 148 g/mol. The summed E-state index contributed by atoms with van der Waals surface area (Å²) in [5.74, 6) is 5.24. The summed E-state index contributed by atoms with van der Waals surface area (Å²) < 4.78 is 0. The van der Waals surface area contributed by atoms with Gasteiger partial charge in [0.2, 0.25) is 0 Å². The first-order valence-corrected chi connectivity index (χ1v) is 3.39. The average Bonchev–Trinajstić information content (AvgIpc) is 2.01. The molecular formula is C9H12N2. The first-order valence-electron chi connectivity index (χ1n) is 3.39. The quantitative estimate of drug-likeness (QED) is 0.335. The lowest BCUT2D eigenvalue weighted by Gasteiger charge is -1.85. The molecule has 0 radical (unpaired) electrons. The minimum atomic E-state index is 0.105. The zero-order valence-electron chi connectivity index (χ0n) is 7.10. The minimum Gasteiger partial charge on any atom is -0.275 e. The Balaban J connectivity index is 4.11. The van der Waals surface area contributed by atoms with Crippen molar-refractivity contribution in [2.75, 3.05) is 0 Å². The Morgan fingerprint density at radius 3 is 2.64 bits per heavy atom. The Labute approximate surface area is 67.5 Å². The molecule has 1 N–H and O–H groups in total. The van der Waals surface area contributed by atoms with Crippen molar-refractivity contribution >= 4 is 12.1 Å². The normalized spacial score (nSPS) is 11.0. The molecule has 0 aliphatic heterocycles. The van der Waals surface area contributed by atoms with Crippen LogP contribution in [-0.2, 0) is 0 Å². The summed E-state index contributed by atoms with van der Waals surface area (Å²) in [6.45, 7) is 5.54. The standard InChI is InChI=1S/C9H12N2/c1-4-6-9(10)11-7-8(3)5-2/h5,7,10H,1-3H3/b8-5-,10-9?,11-7?. The number of amidine groups is 1. The van der Waals surface area contributed by atoms with Crippen LogP contribution in [0.4, 0.5) is 0 Å². The van der Waals surface area contributed by atoms with Crippen molar-refractivity contribution in [3.8, 4) is 11.8 Å². The molecule has 0 saturated heterocycles. The second kappa shape index (κ2) is 5.43. The molecule has 0 aliphatic carbocycles. The van der Waals surface area contributed by atoms with Gasteiger partial charge in [-0.1, -0.05) is 12.0 Å². The Hall–Kier alpha value is -1.36. The van der Waals surface area contributed by atoms with Crippen LogP contribution in [-0.4, -0.2) is 12.1 Å². The molecule has 0 unspecified atom stereocenters. The molecule has 11 heavy (non-hydrogen) atoms. The highest BCUT2D eigenvalue weighted by Crippen LogP contribution is 1.85. The van der Waals surface area contributed by atoms with Crippen LogP contribution in [0.1, 0.15) is 20.8 Å². The molecule has 0 aromatic heterocycles. The SMILES string of the molecule is CC#CC(=N)N=C/C(C)=C\C. The van der Waals surface area contributed by atoms with E-state index in [2.05, 4.69) is 16.8 Å². The van der Waals surface area contributed by atoms with Gasteiger partial charge in [0.1, 0.15) is 0 Å². The first-order chi connectivity index (χ1) is 5.20. The Morgan fingerprint density at radius 1 is 1.55 bits per heavy atom. The van der Waals surface area contributed by atoms with E-state index in [0.717, 1.165) is 5.57 Å². The van der Waals surface area contributed by atoms with E-state index in [1.807, 2.05) is 19.9 Å². The van der Waals surface area contributed by atoms with Crippen molar-refractivity contribution in [3.63, 3.8) is 0 Å². The van der Waals surface area contributed by atoms with Gasteiger partial charge in [0, 0.05) is 6.21 Å². The number of hydrogen-bond donors (Lipinski definition) is 1. The number of nitrogens with one attached hydrogen (secondary N) is 1. The van der Waals surface area contributed by atoms with Crippen LogP contribution in [0.5, 0.6) is 0 Å². The van der Waals surface area contributed by atoms with Gasteiger partial charge in [-0.2, -0.15) is 0 Å². The Bertz CT molecular complexity index is 248. The number of aliphatic imine (C=N–C) groups is 1. The summed E-state index contributed by atoms with van der Waals surface area (Å²) >= 11 is 0. The zero-order valence-corrected chi connectivity index (χ0v) is 7.10. The summed E-state index contributed by atoms with van der Waals surface area (Å²) in [7, 11) is 0. The number of nitrogens with zero attached hydrogens (tertiary/aromatic N) is 1.